The van der Waals surface area contributed by atoms with Crippen LogP contribution in [0.4, 0.5) is 5.69 Å². The number of rotatable bonds is 4. The van der Waals surface area contributed by atoms with Crippen LogP contribution in [0.15, 0.2) is 70.0 Å². The number of carbonyl (C=O) groups excluding carboxylic acids is 1. The van der Waals surface area contributed by atoms with Crippen molar-refractivity contribution in [1.29, 1.82) is 0 Å². The summed E-state index contributed by atoms with van der Waals surface area (Å²) in [7, 11) is 0. The van der Waals surface area contributed by atoms with E-state index < -0.39 is 0 Å². The Morgan fingerprint density at radius 2 is 1.96 bits per heavy atom. The molecular formula is C21H16ClNO3S2. The molecule has 0 aliphatic carbocycles. The highest BCUT2D eigenvalue weighted by atomic mass is 35.5. The summed E-state index contributed by atoms with van der Waals surface area (Å²) in [6, 6.07) is 18.4. The van der Waals surface area contributed by atoms with Gasteiger partial charge >= 0.3 is 0 Å². The molecule has 2 heterocycles. The van der Waals surface area contributed by atoms with Gasteiger partial charge in [0.25, 0.3) is 5.91 Å². The zero-order valence-electron chi connectivity index (χ0n) is 14.6. The monoisotopic (exact) mass is 429 g/mol. The number of benzene rings is 2. The molecule has 1 aliphatic rings. The lowest BCUT2D eigenvalue weighted by Crippen LogP contribution is -2.28. The first kappa shape index (κ1) is 19.2. The van der Waals surface area contributed by atoms with Gasteiger partial charge in [-0.25, -0.2) is 0 Å². The minimum Gasteiger partial charge on any atom is -0.457 e. The van der Waals surface area contributed by atoms with Crippen LogP contribution in [0, 0.1) is 0 Å². The number of carbonyl (C=O) groups is 1. The Hall–Kier alpha value is -2.12. The third-order valence-electron chi connectivity index (χ3n) is 4.30. The van der Waals surface area contributed by atoms with E-state index in [2.05, 4.69) is 12.6 Å². The van der Waals surface area contributed by atoms with Crippen molar-refractivity contribution >= 4 is 53.7 Å². The molecule has 1 aromatic heterocycles. The number of para-hydroxylation sites is 1. The lowest BCUT2D eigenvalue weighted by molar-refractivity contribution is -0.114. The van der Waals surface area contributed by atoms with E-state index in [4.69, 9.17) is 16.0 Å². The fourth-order valence-electron chi connectivity index (χ4n) is 2.93. The molecular weight excluding hydrogens is 414 g/mol. The predicted octanol–water partition coefficient (Wildman–Crippen LogP) is 5.43. The molecule has 1 amide bonds. The fourth-order valence-corrected chi connectivity index (χ4v) is 4.73. The number of amides is 1. The number of thiol groups is 1. The van der Waals surface area contributed by atoms with Crippen LogP contribution in [-0.2, 0) is 11.4 Å². The largest absolute Gasteiger partial charge is 0.457 e. The minimum atomic E-state index is -0.295. The molecule has 1 aliphatic heterocycles. The van der Waals surface area contributed by atoms with E-state index in [0.717, 1.165) is 16.8 Å². The van der Waals surface area contributed by atoms with Gasteiger partial charge in [0.2, 0.25) is 0 Å². The first-order chi connectivity index (χ1) is 13.6. The van der Waals surface area contributed by atoms with Gasteiger partial charge < -0.3 is 9.52 Å². The average Bonchev–Trinajstić information content (AvgIpc) is 3.27. The first-order valence-electron chi connectivity index (χ1n) is 8.51. The van der Waals surface area contributed by atoms with Gasteiger partial charge in [0.05, 0.1) is 16.5 Å². The van der Waals surface area contributed by atoms with Crippen LogP contribution in [0.5, 0.6) is 0 Å². The van der Waals surface area contributed by atoms with Crippen LogP contribution >= 0.6 is 36.0 Å². The maximum absolute atomic E-state index is 12.8. The highest BCUT2D eigenvalue weighted by molar-refractivity contribution is 8.14. The second-order valence-electron chi connectivity index (χ2n) is 6.14. The quantitative estimate of drug-likeness (QED) is 0.429. The Morgan fingerprint density at radius 1 is 1.18 bits per heavy atom. The number of hydrogen-bond acceptors (Lipinski definition) is 5. The van der Waals surface area contributed by atoms with Crippen molar-refractivity contribution in [1.82, 2.24) is 0 Å². The molecule has 0 spiro atoms. The maximum Gasteiger partial charge on any atom is 0.266 e. The van der Waals surface area contributed by atoms with Crippen molar-refractivity contribution in [3.05, 3.63) is 81.9 Å². The van der Waals surface area contributed by atoms with Crippen molar-refractivity contribution in [3.63, 3.8) is 0 Å². The molecule has 1 atom stereocenters. The summed E-state index contributed by atoms with van der Waals surface area (Å²) >= 11 is 12.2. The second kappa shape index (κ2) is 8.09. The molecule has 28 heavy (non-hydrogen) atoms. The summed E-state index contributed by atoms with van der Waals surface area (Å²) in [5, 5.41) is 9.70. The summed E-state index contributed by atoms with van der Waals surface area (Å²) in [4.78, 5) is 15.0. The summed E-state index contributed by atoms with van der Waals surface area (Å²) < 4.78 is 5.58. The van der Waals surface area contributed by atoms with E-state index in [-0.39, 0.29) is 17.2 Å². The van der Waals surface area contributed by atoms with Gasteiger partial charge in [0.15, 0.2) is 0 Å². The van der Waals surface area contributed by atoms with Crippen LogP contribution in [-0.4, -0.2) is 15.7 Å². The third-order valence-corrected chi connectivity index (χ3v) is 6.13. The van der Waals surface area contributed by atoms with Gasteiger partial charge in [-0.2, -0.15) is 0 Å². The predicted molar refractivity (Wildman–Crippen MR) is 117 cm³/mol. The zero-order valence-corrected chi connectivity index (χ0v) is 17.0. The standard InChI is InChI=1S/C21H16ClNO3S2/c22-17-10-13(12-24)6-8-16(17)18-9-7-15(26-18)11-19-20(25)23(21(27)28-19)14-4-2-1-3-5-14/h1-11,21,24,27H,12H2/b19-11+. The van der Waals surface area contributed by atoms with Crippen molar-refractivity contribution in [2.45, 2.75) is 11.3 Å². The van der Waals surface area contributed by atoms with Crippen molar-refractivity contribution < 1.29 is 14.3 Å². The molecule has 3 aromatic rings. The summed E-state index contributed by atoms with van der Waals surface area (Å²) in [6.07, 6.45) is 1.72. The molecule has 1 saturated heterocycles. The number of thioether (sulfide) groups is 1. The smallest absolute Gasteiger partial charge is 0.266 e. The lowest BCUT2D eigenvalue weighted by Gasteiger charge is -2.18. The molecule has 1 fully saturated rings. The Labute approximate surface area is 177 Å². The van der Waals surface area contributed by atoms with Gasteiger partial charge in [-0.3, -0.25) is 9.69 Å². The number of halogens is 1. The van der Waals surface area contributed by atoms with Crippen LogP contribution in [0.1, 0.15) is 11.3 Å². The van der Waals surface area contributed by atoms with Crippen LogP contribution in [0.2, 0.25) is 5.02 Å². The zero-order chi connectivity index (χ0) is 19.7. The summed E-state index contributed by atoms with van der Waals surface area (Å²) in [6.45, 7) is -0.0718. The number of aliphatic hydroxyl groups is 1. The van der Waals surface area contributed by atoms with E-state index in [0.29, 0.717) is 21.4 Å². The molecule has 1 unspecified atom stereocenters. The molecule has 1 N–H and O–H groups in total. The SMILES string of the molecule is O=C1/C(=C\c2ccc(-c3ccc(CO)cc3Cl)o2)SC(S)N1c1ccccc1. The third kappa shape index (κ3) is 3.73. The van der Waals surface area contributed by atoms with E-state index in [1.54, 1.807) is 35.2 Å². The van der Waals surface area contributed by atoms with Gasteiger partial charge in [0, 0.05) is 17.3 Å². The van der Waals surface area contributed by atoms with E-state index >= 15 is 0 Å². The molecule has 142 valence electrons. The Morgan fingerprint density at radius 3 is 2.68 bits per heavy atom. The second-order valence-corrected chi connectivity index (χ2v) is 8.51. The Kier molecular flexibility index (Phi) is 5.55. The topological polar surface area (TPSA) is 53.7 Å². The van der Waals surface area contributed by atoms with E-state index in [1.165, 1.54) is 11.8 Å². The van der Waals surface area contributed by atoms with Gasteiger partial charge in [-0.05, 0) is 42.0 Å². The van der Waals surface area contributed by atoms with E-state index in [1.807, 2.05) is 36.4 Å². The average molecular weight is 430 g/mol. The van der Waals surface area contributed by atoms with Crippen LogP contribution in [0.25, 0.3) is 17.4 Å². The normalized spacial score (nSPS) is 18.2. The number of nitrogens with zero attached hydrogens (tertiary/aromatic N) is 1. The molecule has 4 rings (SSSR count). The highest BCUT2D eigenvalue weighted by Gasteiger charge is 2.35. The van der Waals surface area contributed by atoms with Gasteiger partial charge in [-0.15, -0.1) is 12.6 Å². The molecule has 7 heteroatoms. The lowest BCUT2D eigenvalue weighted by atomic mass is 10.1. The number of anilines is 1. The van der Waals surface area contributed by atoms with Crippen LogP contribution in [0.3, 0.4) is 0 Å². The van der Waals surface area contributed by atoms with Crippen molar-refractivity contribution in [2.75, 3.05) is 4.90 Å². The van der Waals surface area contributed by atoms with E-state index in [9.17, 15) is 9.90 Å². The van der Waals surface area contributed by atoms with Gasteiger partial charge in [-0.1, -0.05) is 47.6 Å². The Balaban J connectivity index is 1.60. The summed E-state index contributed by atoms with van der Waals surface area (Å²) in [5.41, 5.74) is 2.27. The molecule has 4 nitrogen and oxygen atoms in total. The number of aliphatic hydroxyl groups excluding tert-OH is 1. The fraction of sp³-hybridized carbons (Fsp3) is 0.0952. The van der Waals surface area contributed by atoms with Gasteiger partial charge in [0.1, 0.15) is 16.2 Å². The molecule has 0 saturated carbocycles. The van der Waals surface area contributed by atoms with Crippen molar-refractivity contribution in [3.8, 4) is 11.3 Å². The molecule has 0 radical (unpaired) electrons. The minimum absolute atomic E-state index is 0.0718. The maximum atomic E-state index is 12.8. The Bertz CT molecular complexity index is 1050. The molecule has 2 aromatic carbocycles. The summed E-state index contributed by atoms with van der Waals surface area (Å²) in [5.74, 6) is 1.04. The van der Waals surface area contributed by atoms with Crippen LogP contribution < -0.4 is 4.90 Å². The number of furan rings is 1. The highest BCUT2D eigenvalue weighted by Crippen LogP contribution is 2.41. The first-order valence-corrected chi connectivity index (χ1v) is 10.3. The number of hydrogen-bond donors (Lipinski definition) is 2. The molecule has 0 bridgehead atoms. The van der Waals surface area contributed by atoms with Crippen molar-refractivity contribution in [2.24, 2.45) is 0 Å².